The van der Waals surface area contributed by atoms with E-state index in [4.69, 9.17) is 9.15 Å². The van der Waals surface area contributed by atoms with Gasteiger partial charge in [0.25, 0.3) is 11.8 Å². The van der Waals surface area contributed by atoms with Crippen LogP contribution in [0, 0.1) is 0 Å². The molecule has 2 amide bonds. The van der Waals surface area contributed by atoms with Crippen LogP contribution in [0.15, 0.2) is 76.7 Å². The van der Waals surface area contributed by atoms with E-state index in [2.05, 4.69) is 11.1 Å². The molecule has 0 bridgehead atoms. The van der Waals surface area contributed by atoms with E-state index in [9.17, 15) is 9.59 Å². The zero-order valence-electron chi connectivity index (χ0n) is 20.9. The maximum atomic E-state index is 13.4. The van der Waals surface area contributed by atoms with Crippen molar-refractivity contribution in [3.8, 4) is 5.75 Å². The summed E-state index contributed by atoms with van der Waals surface area (Å²) in [6, 6.07) is 19.2. The lowest BCUT2D eigenvalue weighted by molar-refractivity contribution is 0.0661. The van der Waals surface area contributed by atoms with Crippen LogP contribution >= 0.6 is 11.3 Å². The van der Waals surface area contributed by atoms with Crippen molar-refractivity contribution in [2.75, 3.05) is 19.6 Å². The number of nitrogens with zero attached hydrogens (tertiary/aromatic N) is 3. The monoisotopic (exact) mass is 515 g/mol. The van der Waals surface area contributed by atoms with Crippen molar-refractivity contribution in [1.82, 2.24) is 14.8 Å². The lowest BCUT2D eigenvalue weighted by atomic mass is 9.87. The van der Waals surface area contributed by atoms with Crippen molar-refractivity contribution in [3.63, 3.8) is 0 Å². The van der Waals surface area contributed by atoms with Crippen LogP contribution in [0.1, 0.15) is 62.6 Å². The van der Waals surface area contributed by atoms with Gasteiger partial charge < -0.3 is 19.0 Å². The van der Waals surface area contributed by atoms with E-state index in [1.54, 1.807) is 22.4 Å². The summed E-state index contributed by atoms with van der Waals surface area (Å²) < 4.78 is 11.5. The highest BCUT2D eigenvalue weighted by molar-refractivity contribution is 7.09. The molecule has 37 heavy (non-hydrogen) atoms. The number of benzene rings is 2. The molecule has 2 aromatic heterocycles. The number of hydrogen-bond acceptors (Lipinski definition) is 6. The molecule has 4 aromatic rings. The minimum absolute atomic E-state index is 0.0618. The maximum Gasteiger partial charge on any atom is 0.290 e. The Morgan fingerprint density at radius 1 is 1.11 bits per heavy atom. The lowest BCUT2D eigenvalue weighted by Crippen LogP contribution is -2.40. The number of ether oxygens (including phenoxy) is 1. The first-order valence-corrected chi connectivity index (χ1v) is 13.4. The van der Waals surface area contributed by atoms with Crippen molar-refractivity contribution < 1.29 is 18.7 Å². The van der Waals surface area contributed by atoms with Crippen molar-refractivity contribution in [2.24, 2.45) is 0 Å². The Balaban J connectivity index is 1.39. The van der Waals surface area contributed by atoms with Crippen LogP contribution in [-0.2, 0) is 13.0 Å². The third-order valence-corrected chi connectivity index (χ3v) is 7.46. The minimum Gasteiger partial charge on any atom is -0.486 e. The fourth-order valence-corrected chi connectivity index (χ4v) is 5.41. The maximum absolute atomic E-state index is 13.4. The number of thiazole rings is 1. The molecule has 1 aliphatic rings. The topological polar surface area (TPSA) is 75.9 Å². The highest BCUT2D eigenvalue weighted by Gasteiger charge is 2.34. The van der Waals surface area contributed by atoms with Gasteiger partial charge in [-0.1, -0.05) is 36.4 Å². The van der Waals surface area contributed by atoms with Crippen LogP contribution in [0.5, 0.6) is 5.75 Å². The van der Waals surface area contributed by atoms with Crippen LogP contribution in [0.3, 0.4) is 0 Å². The van der Waals surface area contributed by atoms with Gasteiger partial charge in [0.15, 0.2) is 5.76 Å². The third-order valence-electron chi connectivity index (χ3n) is 6.64. The molecule has 1 aliphatic heterocycles. The molecule has 0 saturated heterocycles. The van der Waals surface area contributed by atoms with E-state index in [0.717, 1.165) is 22.6 Å². The number of furan rings is 1. The molecular weight excluding hydrogens is 486 g/mol. The molecule has 3 heterocycles. The summed E-state index contributed by atoms with van der Waals surface area (Å²) in [5, 5.41) is 2.53. The van der Waals surface area contributed by atoms with E-state index in [0.29, 0.717) is 36.8 Å². The molecule has 0 saturated carbocycles. The first-order chi connectivity index (χ1) is 18.1. The van der Waals surface area contributed by atoms with E-state index in [-0.39, 0.29) is 24.5 Å². The van der Waals surface area contributed by atoms with Gasteiger partial charge in [-0.25, -0.2) is 4.98 Å². The van der Waals surface area contributed by atoms with Crippen LogP contribution in [0.4, 0.5) is 0 Å². The standard InChI is InChI=1S/C29H29N3O4S/c1-3-31(4-2)28(33)24-19-37-26(30-24)18-36-22-13-12-20-14-15-32(29(34)25-11-8-16-35-25)27(23(20)17-22)21-9-6-5-7-10-21/h5-13,16-17,19,27H,3-4,14-15,18H2,1-2H3. The van der Waals surface area contributed by atoms with Crippen molar-refractivity contribution in [1.29, 1.82) is 0 Å². The third kappa shape index (κ3) is 5.15. The fraction of sp³-hybridized carbons (Fsp3) is 0.276. The average molecular weight is 516 g/mol. The van der Waals surface area contributed by atoms with E-state index >= 15 is 0 Å². The molecule has 0 aliphatic carbocycles. The zero-order valence-corrected chi connectivity index (χ0v) is 21.7. The van der Waals surface area contributed by atoms with Crippen molar-refractivity contribution in [2.45, 2.75) is 32.9 Å². The summed E-state index contributed by atoms with van der Waals surface area (Å²) in [5.41, 5.74) is 3.70. The number of carbonyl (C=O) groups excluding carboxylic acids is 2. The Morgan fingerprint density at radius 3 is 2.65 bits per heavy atom. The molecule has 0 radical (unpaired) electrons. The number of fused-ring (bicyclic) bond motifs is 1. The summed E-state index contributed by atoms with van der Waals surface area (Å²) in [6.45, 7) is 6.07. The Hall–Kier alpha value is -3.91. The van der Waals surface area contributed by atoms with Gasteiger partial charge in [0.1, 0.15) is 23.1 Å². The van der Waals surface area contributed by atoms with Crippen molar-refractivity contribution in [3.05, 3.63) is 105 Å². The van der Waals surface area contributed by atoms with Gasteiger partial charge in [-0.2, -0.15) is 0 Å². The van der Waals surface area contributed by atoms with Gasteiger partial charge in [-0.15, -0.1) is 11.3 Å². The predicted molar refractivity (Wildman–Crippen MR) is 142 cm³/mol. The first-order valence-electron chi connectivity index (χ1n) is 12.5. The molecule has 8 heteroatoms. The second-order valence-corrected chi connectivity index (χ2v) is 9.73. The van der Waals surface area contributed by atoms with Gasteiger partial charge in [0.2, 0.25) is 0 Å². The summed E-state index contributed by atoms with van der Waals surface area (Å²) >= 11 is 1.42. The summed E-state index contributed by atoms with van der Waals surface area (Å²) in [6.07, 6.45) is 2.27. The molecule has 0 fully saturated rings. The van der Waals surface area contributed by atoms with E-state index < -0.39 is 0 Å². The second-order valence-electron chi connectivity index (χ2n) is 8.79. The van der Waals surface area contributed by atoms with Crippen molar-refractivity contribution >= 4 is 23.2 Å². The average Bonchev–Trinajstić information content (AvgIpc) is 3.65. The highest BCUT2D eigenvalue weighted by atomic mass is 32.1. The highest BCUT2D eigenvalue weighted by Crippen LogP contribution is 2.38. The van der Waals surface area contributed by atoms with Gasteiger partial charge in [0, 0.05) is 25.0 Å². The second kappa shape index (κ2) is 11.0. The Labute approximate surface area is 220 Å². The molecule has 1 atom stereocenters. The van der Waals surface area contributed by atoms with Crippen LogP contribution in [0.2, 0.25) is 0 Å². The summed E-state index contributed by atoms with van der Waals surface area (Å²) in [7, 11) is 0. The van der Waals surface area contributed by atoms with Gasteiger partial charge >= 0.3 is 0 Å². The molecule has 190 valence electrons. The quantitative estimate of drug-likeness (QED) is 0.306. The number of amides is 2. The Morgan fingerprint density at radius 2 is 1.92 bits per heavy atom. The molecule has 2 aromatic carbocycles. The van der Waals surface area contributed by atoms with Gasteiger partial charge in [0.05, 0.1) is 12.3 Å². The van der Waals surface area contributed by atoms with Crippen LogP contribution in [-0.4, -0.2) is 46.2 Å². The first kappa shape index (κ1) is 24.8. The molecule has 1 unspecified atom stereocenters. The molecule has 0 N–H and O–H groups in total. The van der Waals surface area contributed by atoms with Gasteiger partial charge in [-0.3, -0.25) is 9.59 Å². The molecule has 7 nitrogen and oxygen atoms in total. The Bertz CT molecular complexity index is 1360. The number of aromatic nitrogens is 1. The molecular formula is C29H29N3O4S. The molecule has 0 spiro atoms. The number of rotatable bonds is 8. The Kier molecular flexibility index (Phi) is 7.37. The largest absolute Gasteiger partial charge is 0.486 e. The van der Waals surface area contributed by atoms with Crippen LogP contribution in [0.25, 0.3) is 0 Å². The van der Waals surface area contributed by atoms with Crippen LogP contribution < -0.4 is 4.74 Å². The normalized spacial score (nSPS) is 14.8. The number of hydrogen-bond donors (Lipinski definition) is 0. The summed E-state index contributed by atoms with van der Waals surface area (Å²) in [5.74, 6) is 0.826. The SMILES string of the molecule is CCN(CC)C(=O)c1csc(COc2ccc3c(c2)C(c2ccccc2)N(C(=O)c2ccco2)CC3)n1. The zero-order chi connectivity index (χ0) is 25.8. The van der Waals surface area contributed by atoms with Gasteiger partial charge in [-0.05, 0) is 61.2 Å². The lowest BCUT2D eigenvalue weighted by Gasteiger charge is -2.37. The minimum atomic E-state index is -0.260. The van der Waals surface area contributed by atoms with E-state index in [1.807, 2.05) is 61.2 Å². The summed E-state index contributed by atoms with van der Waals surface area (Å²) in [4.78, 5) is 34.1. The predicted octanol–water partition coefficient (Wildman–Crippen LogP) is 5.59. The smallest absolute Gasteiger partial charge is 0.290 e. The number of carbonyl (C=O) groups is 2. The molecule has 5 rings (SSSR count). The fourth-order valence-electron chi connectivity index (χ4n) is 4.73. The van der Waals surface area contributed by atoms with E-state index in [1.165, 1.54) is 23.2 Å².